The van der Waals surface area contributed by atoms with Gasteiger partial charge in [-0.25, -0.2) is 9.78 Å². The number of pyridine rings is 1. The number of carbonyl (C=O) groups is 3. The number of H-pyrrole nitrogens is 1. The van der Waals surface area contributed by atoms with E-state index in [-0.39, 0.29) is 11.4 Å². The van der Waals surface area contributed by atoms with Crippen molar-refractivity contribution < 1.29 is 23.9 Å². The van der Waals surface area contributed by atoms with Crippen LogP contribution in [0, 0.1) is 0 Å². The monoisotopic (exact) mass is 644 g/mol. The van der Waals surface area contributed by atoms with Crippen molar-refractivity contribution in [1.82, 2.24) is 15.3 Å². The van der Waals surface area contributed by atoms with Gasteiger partial charge in [-0.15, -0.1) is 0 Å². The molecule has 4 heterocycles. The van der Waals surface area contributed by atoms with Gasteiger partial charge in [0.2, 0.25) is 0 Å². The van der Waals surface area contributed by atoms with Gasteiger partial charge in [-0.2, -0.15) is 11.3 Å². The Hall–Kier alpha value is -4.48. The summed E-state index contributed by atoms with van der Waals surface area (Å²) in [5, 5.41) is 10.8. The van der Waals surface area contributed by atoms with Crippen LogP contribution in [0.3, 0.4) is 0 Å². The van der Waals surface area contributed by atoms with Crippen LogP contribution in [-0.2, 0) is 11.3 Å². The standard InChI is InChI=1S/C31H25BrN4O5S/c1-3-9-34-30(38)25-5-4-17(28(35-25)31(39)40-2)19-12-26-20(22-15-42-14-16(22)13-41-26)11-21(19)29(37)36-24-7-6-23-18(27(24)32)8-10-33-23/h4-8,10-12,14-15,33H,3,9,13H2,1-2H3,(H,34,38)(H,36,37). The molecule has 9 nitrogen and oxygen atoms in total. The fourth-order valence-corrected chi connectivity index (χ4v) is 6.33. The predicted octanol–water partition coefficient (Wildman–Crippen LogP) is 6.79. The van der Waals surface area contributed by atoms with E-state index in [2.05, 4.69) is 36.5 Å². The molecule has 42 heavy (non-hydrogen) atoms. The number of carbonyl (C=O) groups excluding carboxylic acids is 3. The maximum atomic E-state index is 14.0. The van der Waals surface area contributed by atoms with Gasteiger partial charge >= 0.3 is 5.97 Å². The number of halogens is 1. The Balaban J connectivity index is 1.50. The van der Waals surface area contributed by atoms with Crippen molar-refractivity contribution in [2.75, 3.05) is 19.0 Å². The molecule has 5 aromatic rings. The number of aromatic nitrogens is 2. The summed E-state index contributed by atoms with van der Waals surface area (Å²) in [4.78, 5) is 47.2. The minimum absolute atomic E-state index is 0.0689. The van der Waals surface area contributed by atoms with E-state index in [0.29, 0.717) is 41.3 Å². The van der Waals surface area contributed by atoms with Gasteiger partial charge in [-0.3, -0.25) is 9.59 Å². The average molecular weight is 646 g/mol. The molecule has 0 saturated carbocycles. The highest BCUT2D eigenvalue weighted by molar-refractivity contribution is 9.10. The van der Waals surface area contributed by atoms with E-state index in [0.717, 1.165) is 38.5 Å². The number of thiophene rings is 1. The lowest BCUT2D eigenvalue weighted by Gasteiger charge is -2.22. The van der Waals surface area contributed by atoms with Crippen molar-refractivity contribution in [3.8, 4) is 28.0 Å². The van der Waals surface area contributed by atoms with E-state index in [4.69, 9.17) is 9.47 Å². The van der Waals surface area contributed by atoms with Crippen LogP contribution in [0.25, 0.3) is 33.2 Å². The number of nitrogens with one attached hydrogen (secondary N) is 3. The molecule has 3 aromatic heterocycles. The molecule has 0 radical (unpaired) electrons. The zero-order chi connectivity index (χ0) is 29.4. The molecule has 0 saturated heterocycles. The molecule has 11 heteroatoms. The van der Waals surface area contributed by atoms with Gasteiger partial charge < -0.3 is 25.1 Å². The number of hydrogen-bond donors (Lipinski definition) is 3. The molecule has 0 bridgehead atoms. The van der Waals surface area contributed by atoms with Crippen LogP contribution in [0.15, 0.2) is 63.9 Å². The summed E-state index contributed by atoms with van der Waals surface area (Å²) in [6.45, 7) is 2.80. The summed E-state index contributed by atoms with van der Waals surface area (Å²) < 4.78 is 11.8. The number of esters is 1. The number of methoxy groups -OCH3 is 1. The number of rotatable bonds is 7. The number of ether oxygens (including phenoxy) is 2. The number of aromatic amines is 1. The number of hydrogen-bond acceptors (Lipinski definition) is 7. The second kappa shape index (κ2) is 11.4. The fraction of sp³-hybridized carbons (Fsp3) is 0.161. The molecule has 0 fully saturated rings. The molecule has 0 aliphatic carbocycles. The van der Waals surface area contributed by atoms with E-state index in [1.54, 1.807) is 29.5 Å². The van der Waals surface area contributed by atoms with Crippen LogP contribution in [0.2, 0.25) is 0 Å². The second-order valence-corrected chi connectivity index (χ2v) is 11.2. The van der Waals surface area contributed by atoms with Gasteiger partial charge in [-0.1, -0.05) is 6.92 Å². The zero-order valence-electron chi connectivity index (χ0n) is 22.7. The first-order valence-electron chi connectivity index (χ1n) is 13.2. The lowest BCUT2D eigenvalue weighted by Crippen LogP contribution is -2.26. The largest absolute Gasteiger partial charge is 0.488 e. The SMILES string of the molecule is CCCNC(=O)c1ccc(-c2cc3c(cc2C(=O)Nc2ccc4[nH]ccc4c2Br)-c2cscc2CO3)c(C(=O)OC)n1. The molecule has 1 aliphatic heterocycles. The Kier molecular flexibility index (Phi) is 7.53. The molecule has 0 atom stereocenters. The van der Waals surface area contributed by atoms with E-state index >= 15 is 0 Å². The quantitative estimate of drug-likeness (QED) is 0.168. The third-order valence-corrected chi connectivity index (χ3v) is 8.68. The van der Waals surface area contributed by atoms with E-state index < -0.39 is 17.8 Å². The molecule has 212 valence electrons. The molecule has 2 amide bonds. The third-order valence-electron chi connectivity index (χ3n) is 7.03. The molecule has 2 aromatic carbocycles. The van der Waals surface area contributed by atoms with Gasteiger partial charge in [0.15, 0.2) is 5.69 Å². The molecule has 0 spiro atoms. The maximum Gasteiger partial charge on any atom is 0.357 e. The van der Waals surface area contributed by atoms with Crippen molar-refractivity contribution >= 4 is 61.6 Å². The van der Waals surface area contributed by atoms with E-state index in [9.17, 15) is 14.4 Å². The first-order valence-corrected chi connectivity index (χ1v) is 14.9. The van der Waals surface area contributed by atoms with Crippen molar-refractivity contribution in [2.24, 2.45) is 0 Å². The zero-order valence-corrected chi connectivity index (χ0v) is 25.1. The first-order chi connectivity index (χ1) is 20.4. The number of amides is 2. The molecular weight excluding hydrogens is 620 g/mol. The van der Waals surface area contributed by atoms with Gasteiger partial charge in [0, 0.05) is 57.0 Å². The van der Waals surface area contributed by atoms with Gasteiger partial charge in [-0.05, 0) is 75.6 Å². The summed E-state index contributed by atoms with van der Waals surface area (Å²) in [5.74, 6) is -0.967. The summed E-state index contributed by atoms with van der Waals surface area (Å²) in [5.41, 5.74) is 5.33. The smallest absolute Gasteiger partial charge is 0.357 e. The average Bonchev–Trinajstić information content (AvgIpc) is 3.70. The summed E-state index contributed by atoms with van der Waals surface area (Å²) in [6, 6.07) is 12.3. The molecule has 6 rings (SSSR count). The van der Waals surface area contributed by atoms with Crippen molar-refractivity contribution in [3.05, 3.63) is 86.4 Å². The lowest BCUT2D eigenvalue weighted by atomic mass is 9.91. The molecular formula is C31H25BrN4O5S. The highest BCUT2D eigenvalue weighted by Crippen LogP contribution is 2.44. The minimum Gasteiger partial charge on any atom is -0.488 e. The van der Waals surface area contributed by atoms with Crippen LogP contribution in [0.1, 0.15) is 50.2 Å². The number of anilines is 1. The Bertz CT molecular complexity index is 1880. The molecule has 0 unspecified atom stereocenters. The number of fused-ring (bicyclic) bond motifs is 4. The fourth-order valence-electron chi connectivity index (χ4n) is 4.91. The number of nitrogens with zero attached hydrogens (tertiary/aromatic N) is 1. The van der Waals surface area contributed by atoms with Crippen LogP contribution in [-0.4, -0.2) is 41.4 Å². The Morgan fingerprint density at radius 2 is 1.90 bits per heavy atom. The topological polar surface area (TPSA) is 122 Å². The lowest BCUT2D eigenvalue weighted by molar-refractivity contribution is 0.0594. The van der Waals surface area contributed by atoms with E-state index in [1.165, 1.54) is 13.2 Å². The summed E-state index contributed by atoms with van der Waals surface area (Å²) in [7, 11) is 1.24. The Labute approximate surface area is 253 Å². The van der Waals surface area contributed by atoms with Gasteiger partial charge in [0.1, 0.15) is 18.1 Å². The van der Waals surface area contributed by atoms with Crippen molar-refractivity contribution in [2.45, 2.75) is 20.0 Å². The summed E-state index contributed by atoms with van der Waals surface area (Å²) in [6.07, 6.45) is 2.58. The van der Waals surface area contributed by atoms with Crippen LogP contribution in [0.5, 0.6) is 5.75 Å². The predicted molar refractivity (Wildman–Crippen MR) is 165 cm³/mol. The normalized spacial score (nSPS) is 11.8. The van der Waals surface area contributed by atoms with Crippen LogP contribution >= 0.6 is 27.3 Å². The van der Waals surface area contributed by atoms with Crippen molar-refractivity contribution in [3.63, 3.8) is 0 Å². The summed E-state index contributed by atoms with van der Waals surface area (Å²) >= 11 is 5.18. The maximum absolute atomic E-state index is 14.0. The van der Waals surface area contributed by atoms with E-state index in [1.807, 2.05) is 42.1 Å². The highest BCUT2D eigenvalue weighted by atomic mass is 79.9. The van der Waals surface area contributed by atoms with Crippen LogP contribution in [0.4, 0.5) is 5.69 Å². The third kappa shape index (κ3) is 4.94. The van der Waals surface area contributed by atoms with Gasteiger partial charge in [0.25, 0.3) is 11.8 Å². The number of benzene rings is 2. The van der Waals surface area contributed by atoms with Crippen LogP contribution < -0.4 is 15.4 Å². The second-order valence-electron chi connectivity index (χ2n) is 9.65. The highest BCUT2D eigenvalue weighted by Gasteiger charge is 2.27. The molecule has 3 N–H and O–H groups in total. The van der Waals surface area contributed by atoms with Gasteiger partial charge in [0.05, 0.1) is 17.3 Å². The Morgan fingerprint density at radius 1 is 1.05 bits per heavy atom. The molecule has 1 aliphatic rings. The Morgan fingerprint density at radius 3 is 2.71 bits per heavy atom. The first kappa shape index (κ1) is 27.7. The van der Waals surface area contributed by atoms with Crippen molar-refractivity contribution in [1.29, 1.82) is 0 Å². The minimum atomic E-state index is -0.735.